The van der Waals surface area contributed by atoms with Crippen LogP contribution in [0.3, 0.4) is 0 Å². The van der Waals surface area contributed by atoms with Gasteiger partial charge in [-0.1, -0.05) is 17.7 Å². The molecule has 2 rings (SSSR count). The smallest absolute Gasteiger partial charge is 0.239 e. The molecule has 1 aromatic carbocycles. The first-order valence-corrected chi connectivity index (χ1v) is 5.78. The fourth-order valence-electron chi connectivity index (χ4n) is 1.69. The van der Waals surface area contributed by atoms with Crippen LogP contribution in [0.1, 0.15) is 16.7 Å². The summed E-state index contributed by atoms with van der Waals surface area (Å²) in [4.78, 5) is 4.04. The monoisotopic (exact) mass is 258 g/mol. The van der Waals surface area contributed by atoms with Gasteiger partial charge in [0.25, 0.3) is 0 Å². The van der Waals surface area contributed by atoms with E-state index >= 15 is 0 Å². The maximum atomic E-state index is 8.88. The van der Waals surface area contributed by atoms with Crippen molar-refractivity contribution >= 4 is 11.6 Å². The normalized spacial score (nSPS) is 9.89. The fraction of sp³-hybridized carbons (Fsp3) is 0.143. The van der Waals surface area contributed by atoms with Gasteiger partial charge in [-0.25, -0.2) is 4.98 Å². The van der Waals surface area contributed by atoms with Crippen LogP contribution in [-0.4, -0.2) is 4.98 Å². The molecule has 0 spiro atoms. The van der Waals surface area contributed by atoms with E-state index in [9.17, 15) is 0 Å². The molecule has 90 valence electrons. The zero-order chi connectivity index (χ0) is 13.1. The molecule has 0 fully saturated rings. The zero-order valence-corrected chi connectivity index (χ0v) is 10.8. The van der Waals surface area contributed by atoms with Crippen LogP contribution in [0.15, 0.2) is 30.5 Å². The highest BCUT2D eigenvalue weighted by molar-refractivity contribution is 6.33. The fourth-order valence-corrected chi connectivity index (χ4v) is 1.88. The quantitative estimate of drug-likeness (QED) is 0.817. The van der Waals surface area contributed by atoms with Crippen molar-refractivity contribution in [1.29, 1.82) is 5.26 Å². The molecule has 0 saturated heterocycles. The molecule has 1 aromatic heterocycles. The third-order valence-corrected chi connectivity index (χ3v) is 2.75. The number of halogens is 1. The highest BCUT2D eigenvalue weighted by Crippen LogP contribution is 2.30. The Morgan fingerprint density at radius 1 is 1.22 bits per heavy atom. The highest BCUT2D eigenvalue weighted by Gasteiger charge is 2.09. The van der Waals surface area contributed by atoms with Crippen molar-refractivity contribution in [2.45, 2.75) is 13.8 Å². The molecule has 3 nitrogen and oxygen atoms in total. The highest BCUT2D eigenvalue weighted by atomic mass is 35.5. The number of nitriles is 1. The Kier molecular flexibility index (Phi) is 3.50. The van der Waals surface area contributed by atoms with Gasteiger partial charge in [-0.15, -0.1) is 0 Å². The lowest BCUT2D eigenvalue weighted by atomic mass is 10.1. The number of rotatable bonds is 2. The minimum Gasteiger partial charge on any atom is -0.437 e. The lowest BCUT2D eigenvalue weighted by molar-refractivity contribution is 0.462. The predicted octanol–water partition coefficient (Wildman–Crippen LogP) is 4.02. The van der Waals surface area contributed by atoms with Crippen molar-refractivity contribution in [1.82, 2.24) is 4.98 Å². The molecule has 0 N–H and O–H groups in total. The first kappa shape index (κ1) is 12.4. The second-order valence-electron chi connectivity index (χ2n) is 4.01. The van der Waals surface area contributed by atoms with E-state index in [2.05, 4.69) is 4.98 Å². The molecule has 1 heterocycles. The van der Waals surface area contributed by atoms with Crippen LogP contribution < -0.4 is 4.74 Å². The summed E-state index contributed by atoms with van der Waals surface area (Å²) >= 11 is 6.03. The third-order valence-electron chi connectivity index (χ3n) is 2.39. The van der Waals surface area contributed by atoms with Crippen molar-refractivity contribution in [2.75, 3.05) is 0 Å². The van der Waals surface area contributed by atoms with Gasteiger partial charge in [0.2, 0.25) is 5.88 Å². The largest absolute Gasteiger partial charge is 0.437 e. The van der Waals surface area contributed by atoms with Gasteiger partial charge in [-0.2, -0.15) is 5.26 Å². The van der Waals surface area contributed by atoms with Gasteiger partial charge in [-0.05, 0) is 43.2 Å². The number of hydrogen-bond acceptors (Lipinski definition) is 3. The van der Waals surface area contributed by atoms with E-state index in [4.69, 9.17) is 21.6 Å². The number of benzene rings is 1. The Morgan fingerprint density at radius 2 is 1.89 bits per heavy atom. The Morgan fingerprint density at radius 3 is 2.50 bits per heavy atom. The second kappa shape index (κ2) is 5.07. The molecule has 2 aromatic rings. The summed E-state index contributed by atoms with van der Waals surface area (Å²) in [6, 6.07) is 9.38. The van der Waals surface area contributed by atoms with E-state index in [0.717, 1.165) is 11.1 Å². The summed E-state index contributed by atoms with van der Waals surface area (Å²) in [6.45, 7) is 3.97. The van der Waals surface area contributed by atoms with Crippen LogP contribution in [0, 0.1) is 25.2 Å². The molecule has 0 bridgehead atoms. The van der Waals surface area contributed by atoms with E-state index in [1.54, 1.807) is 6.07 Å². The van der Waals surface area contributed by atoms with Crippen LogP contribution in [-0.2, 0) is 0 Å². The first-order chi connectivity index (χ1) is 8.60. The summed E-state index contributed by atoms with van der Waals surface area (Å²) in [5.41, 5.74) is 2.54. The Balaban J connectivity index is 2.37. The summed E-state index contributed by atoms with van der Waals surface area (Å²) < 4.78 is 5.62. The summed E-state index contributed by atoms with van der Waals surface area (Å²) in [6.07, 6.45) is 1.50. The van der Waals surface area contributed by atoms with Gasteiger partial charge in [0.05, 0.1) is 5.56 Å². The molecule has 0 saturated carbocycles. The van der Waals surface area contributed by atoms with Crippen molar-refractivity contribution in [2.24, 2.45) is 0 Å². The predicted molar refractivity (Wildman–Crippen MR) is 70.0 cm³/mol. The number of pyridine rings is 1. The maximum absolute atomic E-state index is 8.88. The van der Waals surface area contributed by atoms with E-state index in [0.29, 0.717) is 11.3 Å². The topological polar surface area (TPSA) is 45.9 Å². The standard InChI is InChI=1S/C14H11ClN2O/c1-9-5-10(2)7-12(6-9)18-14-13(15)11(8-16)3-4-17-14/h3-7H,1-2H3. The molecule has 4 heteroatoms. The van der Waals surface area contributed by atoms with Gasteiger partial charge >= 0.3 is 0 Å². The average molecular weight is 259 g/mol. The Labute approximate surface area is 111 Å². The molecule has 0 radical (unpaired) electrons. The SMILES string of the molecule is Cc1cc(C)cc(Oc2nccc(C#N)c2Cl)c1. The maximum Gasteiger partial charge on any atom is 0.239 e. The van der Waals surface area contributed by atoms with Crippen LogP contribution >= 0.6 is 11.6 Å². The molecule has 0 unspecified atom stereocenters. The van der Waals surface area contributed by atoms with Gasteiger partial charge in [0.1, 0.15) is 16.8 Å². The van der Waals surface area contributed by atoms with Gasteiger partial charge < -0.3 is 4.74 Å². The minimum atomic E-state index is 0.235. The molecule has 0 amide bonds. The number of nitrogens with zero attached hydrogens (tertiary/aromatic N) is 2. The summed E-state index contributed by atoms with van der Waals surface area (Å²) in [7, 11) is 0. The number of hydrogen-bond donors (Lipinski definition) is 0. The summed E-state index contributed by atoms with van der Waals surface area (Å²) in [5, 5.41) is 9.11. The zero-order valence-electron chi connectivity index (χ0n) is 10.1. The number of aryl methyl sites for hydroxylation is 2. The minimum absolute atomic E-state index is 0.235. The average Bonchev–Trinajstić information content (AvgIpc) is 2.30. The Hall–Kier alpha value is -2.05. The molecule has 0 aliphatic carbocycles. The van der Waals surface area contributed by atoms with Crippen molar-refractivity contribution in [3.8, 4) is 17.7 Å². The molecule has 0 aliphatic heterocycles. The van der Waals surface area contributed by atoms with Crippen LogP contribution in [0.4, 0.5) is 0 Å². The second-order valence-corrected chi connectivity index (χ2v) is 4.39. The Bertz CT molecular complexity index is 612. The van der Waals surface area contributed by atoms with Crippen LogP contribution in [0.25, 0.3) is 0 Å². The lowest BCUT2D eigenvalue weighted by Crippen LogP contribution is -1.92. The van der Waals surface area contributed by atoms with E-state index in [-0.39, 0.29) is 10.9 Å². The van der Waals surface area contributed by atoms with E-state index in [1.165, 1.54) is 6.20 Å². The first-order valence-electron chi connectivity index (χ1n) is 5.41. The van der Waals surface area contributed by atoms with Gasteiger partial charge in [-0.3, -0.25) is 0 Å². The molecular weight excluding hydrogens is 248 g/mol. The van der Waals surface area contributed by atoms with Crippen molar-refractivity contribution < 1.29 is 4.74 Å². The molecule has 0 atom stereocenters. The molecule has 18 heavy (non-hydrogen) atoms. The van der Waals surface area contributed by atoms with Crippen molar-refractivity contribution in [3.63, 3.8) is 0 Å². The third kappa shape index (κ3) is 2.61. The van der Waals surface area contributed by atoms with E-state index < -0.39 is 0 Å². The van der Waals surface area contributed by atoms with Gasteiger partial charge in [0, 0.05) is 6.20 Å². The number of ether oxygens (including phenoxy) is 1. The van der Waals surface area contributed by atoms with Gasteiger partial charge in [0.15, 0.2) is 0 Å². The molecule has 0 aliphatic rings. The number of aromatic nitrogens is 1. The lowest BCUT2D eigenvalue weighted by Gasteiger charge is -2.08. The van der Waals surface area contributed by atoms with E-state index in [1.807, 2.05) is 38.1 Å². The van der Waals surface area contributed by atoms with Crippen molar-refractivity contribution in [3.05, 3.63) is 52.2 Å². The van der Waals surface area contributed by atoms with Crippen LogP contribution in [0.2, 0.25) is 5.02 Å². The van der Waals surface area contributed by atoms with Crippen LogP contribution in [0.5, 0.6) is 11.6 Å². The molecular formula is C14H11ClN2O. The summed E-state index contributed by atoms with van der Waals surface area (Å²) in [5.74, 6) is 0.915.